The highest BCUT2D eigenvalue weighted by molar-refractivity contribution is 4.99. The van der Waals surface area contributed by atoms with Gasteiger partial charge in [-0.15, -0.1) is 4.94 Å². The van der Waals surface area contributed by atoms with E-state index in [4.69, 9.17) is 0 Å². The van der Waals surface area contributed by atoms with Gasteiger partial charge in [-0.2, -0.15) is 8.78 Å². The van der Waals surface area contributed by atoms with Crippen molar-refractivity contribution in [3.63, 3.8) is 0 Å². The molecule has 11 heavy (non-hydrogen) atoms. The lowest BCUT2D eigenvalue weighted by molar-refractivity contribution is -0.276. The normalized spacial score (nSPS) is 8.73. The van der Waals surface area contributed by atoms with Crippen LogP contribution in [0, 0.1) is 0 Å². The second-order valence-corrected chi connectivity index (χ2v) is 1.50. The van der Waals surface area contributed by atoms with Gasteiger partial charge < -0.3 is 0 Å². The molecule has 1 aromatic rings. The van der Waals surface area contributed by atoms with Crippen molar-refractivity contribution in [1.29, 1.82) is 0 Å². The molecular formula is C7H7F3O. The molecule has 0 aliphatic carbocycles. The van der Waals surface area contributed by atoms with Gasteiger partial charge in [-0.25, -0.2) is 0 Å². The van der Waals surface area contributed by atoms with Gasteiger partial charge >= 0.3 is 6.61 Å². The summed E-state index contributed by atoms with van der Waals surface area (Å²) in [6.07, 6.45) is 0. The first kappa shape index (κ1) is 9.97. The minimum absolute atomic E-state index is 1.92. The quantitative estimate of drug-likeness (QED) is 0.620. The lowest BCUT2D eigenvalue weighted by Crippen LogP contribution is -1.84. The fourth-order valence-electron chi connectivity index (χ4n) is 0.385. The van der Waals surface area contributed by atoms with Crippen LogP contribution in [0.5, 0.6) is 0 Å². The molecule has 1 nitrogen and oxygen atoms in total. The van der Waals surface area contributed by atoms with Crippen molar-refractivity contribution in [2.24, 2.45) is 0 Å². The molecule has 62 valence electrons. The Kier molecular flexibility index (Phi) is 6.42. The average molecular weight is 164 g/mol. The van der Waals surface area contributed by atoms with Crippen molar-refractivity contribution in [2.45, 2.75) is 6.61 Å². The average Bonchev–Trinajstić information content (AvgIpc) is 2.09. The second kappa shape index (κ2) is 7.08. The van der Waals surface area contributed by atoms with Gasteiger partial charge in [0.25, 0.3) is 0 Å². The number of benzene rings is 1. The van der Waals surface area contributed by atoms with E-state index in [0.29, 0.717) is 0 Å². The van der Waals surface area contributed by atoms with Crippen LogP contribution in [0.25, 0.3) is 0 Å². The van der Waals surface area contributed by atoms with Gasteiger partial charge in [0.1, 0.15) is 0 Å². The molecule has 0 unspecified atom stereocenters. The minimum Gasteiger partial charge on any atom is -0.176 e. The maximum absolute atomic E-state index is 10.2. The van der Waals surface area contributed by atoms with Crippen molar-refractivity contribution < 1.29 is 18.2 Å². The van der Waals surface area contributed by atoms with E-state index >= 15 is 0 Å². The van der Waals surface area contributed by atoms with Crippen molar-refractivity contribution in [2.75, 3.05) is 0 Å². The maximum atomic E-state index is 10.2. The highest BCUT2D eigenvalue weighted by Crippen LogP contribution is 1.91. The smallest absolute Gasteiger partial charge is 0.176 e. The number of hydrogen-bond acceptors (Lipinski definition) is 1. The minimum atomic E-state index is -3.28. The third-order valence-corrected chi connectivity index (χ3v) is 0.734. The SMILES string of the molecule is FOC(F)F.c1ccccc1. The molecule has 0 N–H and O–H groups in total. The fraction of sp³-hybridized carbons (Fsp3) is 0.143. The third-order valence-electron chi connectivity index (χ3n) is 0.734. The number of rotatable bonds is 1. The number of hydrogen-bond donors (Lipinski definition) is 0. The summed E-state index contributed by atoms with van der Waals surface area (Å²) in [5.41, 5.74) is 0. The molecular weight excluding hydrogens is 157 g/mol. The fourth-order valence-corrected chi connectivity index (χ4v) is 0.385. The number of alkyl halides is 2. The summed E-state index contributed by atoms with van der Waals surface area (Å²) >= 11 is 0. The molecule has 0 amide bonds. The molecule has 0 spiro atoms. The monoisotopic (exact) mass is 164 g/mol. The van der Waals surface area contributed by atoms with Gasteiger partial charge in [0.05, 0.1) is 0 Å². The van der Waals surface area contributed by atoms with Gasteiger partial charge in [-0.05, 0) is 4.53 Å². The van der Waals surface area contributed by atoms with E-state index in [9.17, 15) is 13.3 Å². The molecule has 1 aromatic carbocycles. The van der Waals surface area contributed by atoms with Crippen LogP contribution in [0.3, 0.4) is 0 Å². The van der Waals surface area contributed by atoms with Gasteiger partial charge in [0.15, 0.2) is 0 Å². The van der Waals surface area contributed by atoms with Gasteiger partial charge in [0, 0.05) is 0 Å². The topological polar surface area (TPSA) is 9.23 Å². The summed E-state index contributed by atoms with van der Waals surface area (Å²) in [6, 6.07) is 12.0. The third kappa shape index (κ3) is 8.97. The van der Waals surface area contributed by atoms with Crippen molar-refractivity contribution >= 4 is 0 Å². The molecule has 1 rings (SSSR count). The van der Waals surface area contributed by atoms with Crippen molar-refractivity contribution in [3.05, 3.63) is 36.4 Å². The Morgan fingerprint density at radius 2 is 1.00 bits per heavy atom. The molecule has 0 saturated carbocycles. The molecule has 0 atom stereocenters. The Labute approximate surface area is 62.3 Å². The Hall–Kier alpha value is -1.03. The molecule has 4 heteroatoms. The van der Waals surface area contributed by atoms with Gasteiger partial charge in [0.2, 0.25) is 0 Å². The second-order valence-electron chi connectivity index (χ2n) is 1.50. The number of halogens is 3. The zero-order valence-electron chi connectivity index (χ0n) is 5.58. The first-order chi connectivity index (χ1) is 5.27. The predicted molar refractivity (Wildman–Crippen MR) is 34.6 cm³/mol. The summed E-state index contributed by atoms with van der Waals surface area (Å²) in [7, 11) is 0. The summed E-state index contributed by atoms with van der Waals surface area (Å²) < 4.78 is 30.2. The Balaban J connectivity index is 0.000000187. The van der Waals surface area contributed by atoms with E-state index < -0.39 is 6.61 Å². The standard InChI is InChI=1S/C6H6.CHF3O/c1-2-4-6-5-3-1;2-1(3)5-4/h1-6H;1H. The lowest BCUT2D eigenvalue weighted by atomic mass is 10.4. The highest BCUT2D eigenvalue weighted by Gasteiger charge is 1.95. The van der Waals surface area contributed by atoms with Gasteiger partial charge in [-0.1, -0.05) is 36.4 Å². The van der Waals surface area contributed by atoms with E-state index in [1.54, 1.807) is 0 Å². The van der Waals surface area contributed by atoms with Crippen LogP contribution < -0.4 is 0 Å². The molecule has 0 fully saturated rings. The summed E-state index contributed by atoms with van der Waals surface area (Å²) in [5.74, 6) is 0. The molecule has 0 radical (unpaired) electrons. The molecule has 0 aromatic heterocycles. The molecule has 0 saturated heterocycles. The highest BCUT2D eigenvalue weighted by atomic mass is 19.4. The van der Waals surface area contributed by atoms with Crippen LogP contribution in [-0.4, -0.2) is 6.61 Å². The molecule has 0 aliphatic rings. The van der Waals surface area contributed by atoms with E-state index in [1.165, 1.54) is 0 Å². The van der Waals surface area contributed by atoms with Crippen LogP contribution in [-0.2, 0) is 4.94 Å². The first-order valence-electron chi connectivity index (χ1n) is 2.83. The zero-order valence-corrected chi connectivity index (χ0v) is 5.58. The van der Waals surface area contributed by atoms with Crippen LogP contribution in [0.1, 0.15) is 0 Å². The van der Waals surface area contributed by atoms with Crippen LogP contribution in [0.15, 0.2) is 36.4 Å². The molecule has 0 bridgehead atoms. The molecule has 0 heterocycles. The summed E-state index contributed by atoms with van der Waals surface area (Å²) in [5, 5.41) is 0. The van der Waals surface area contributed by atoms with E-state index in [1.807, 2.05) is 41.3 Å². The van der Waals surface area contributed by atoms with Crippen molar-refractivity contribution in [1.82, 2.24) is 0 Å². The van der Waals surface area contributed by atoms with Crippen LogP contribution in [0.4, 0.5) is 13.3 Å². The zero-order chi connectivity index (χ0) is 8.53. The van der Waals surface area contributed by atoms with E-state index in [-0.39, 0.29) is 0 Å². The maximum Gasteiger partial charge on any atom is 0.376 e. The molecule has 0 aliphatic heterocycles. The summed E-state index contributed by atoms with van der Waals surface area (Å²) in [4.78, 5) is 1.92. The lowest BCUT2D eigenvalue weighted by Gasteiger charge is -1.78. The van der Waals surface area contributed by atoms with Crippen LogP contribution in [0.2, 0.25) is 0 Å². The Morgan fingerprint density at radius 3 is 1.09 bits per heavy atom. The first-order valence-corrected chi connectivity index (χ1v) is 2.83. The van der Waals surface area contributed by atoms with Gasteiger partial charge in [-0.3, -0.25) is 0 Å². The van der Waals surface area contributed by atoms with Crippen LogP contribution >= 0.6 is 0 Å². The Morgan fingerprint density at radius 1 is 0.818 bits per heavy atom. The predicted octanol–water partition coefficient (Wildman–Crippen LogP) is 2.80. The largest absolute Gasteiger partial charge is 0.376 e. The van der Waals surface area contributed by atoms with Crippen molar-refractivity contribution in [3.8, 4) is 0 Å². The van der Waals surface area contributed by atoms with E-state index in [0.717, 1.165) is 0 Å². The van der Waals surface area contributed by atoms with E-state index in [2.05, 4.69) is 0 Å². The Bertz CT molecular complexity index is 128. The summed E-state index contributed by atoms with van der Waals surface area (Å²) in [6.45, 7) is -3.28.